The Labute approximate surface area is 58.8 Å². The third-order valence-electron chi connectivity index (χ3n) is 2.20. The zero-order valence-electron chi connectivity index (χ0n) is 5.06. The van der Waals surface area contributed by atoms with Crippen molar-refractivity contribution in [2.24, 2.45) is 0 Å². The van der Waals surface area contributed by atoms with Crippen LogP contribution in [0.15, 0.2) is 0 Å². The van der Waals surface area contributed by atoms with E-state index in [2.05, 4.69) is 0 Å². The fourth-order valence-electron chi connectivity index (χ4n) is 1.75. The largest absolute Gasteiger partial charge is 0.393 e. The molecule has 2 heterocycles. The maximum atomic E-state index is 8.79. The van der Waals surface area contributed by atoms with Crippen LogP contribution < -0.4 is 0 Å². The van der Waals surface area contributed by atoms with Gasteiger partial charge in [-0.25, -0.2) is 0 Å². The molecule has 52 valence electrons. The Morgan fingerprint density at radius 2 is 2.22 bits per heavy atom. The van der Waals surface area contributed by atoms with Crippen molar-refractivity contribution in [2.45, 2.75) is 23.3 Å². The second-order valence-corrected chi connectivity index (χ2v) is 3.94. The first kappa shape index (κ1) is 5.96. The summed E-state index contributed by atoms with van der Waals surface area (Å²) in [5, 5.41) is 8.79. The van der Waals surface area contributed by atoms with Crippen LogP contribution in [0.4, 0.5) is 0 Å². The van der Waals surface area contributed by atoms with Crippen LogP contribution in [0.1, 0.15) is 12.8 Å². The standard InChI is InChI=1S/C6H9ClO2/c7-5-1-6(2-5,3-8)9-4-5/h8H,1-4H2. The highest BCUT2D eigenvalue weighted by atomic mass is 35.5. The summed E-state index contributed by atoms with van der Waals surface area (Å²) in [5.41, 5.74) is -0.234. The van der Waals surface area contributed by atoms with Crippen LogP contribution in [0.2, 0.25) is 0 Å². The summed E-state index contributed by atoms with van der Waals surface area (Å²) in [4.78, 5) is -0.108. The summed E-state index contributed by atoms with van der Waals surface area (Å²) >= 11 is 5.97. The van der Waals surface area contributed by atoms with E-state index in [-0.39, 0.29) is 17.1 Å². The van der Waals surface area contributed by atoms with Gasteiger partial charge in [0.15, 0.2) is 0 Å². The zero-order valence-corrected chi connectivity index (χ0v) is 5.82. The van der Waals surface area contributed by atoms with Crippen molar-refractivity contribution in [2.75, 3.05) is 13.2 Å². The summed E-state index contributed by atoms with van der Waals surface area (Å²) in [5.74, 6) is 0. The highest BCUT2D eigenvalue weighted by Crippen LogP contribution is 2.55. The molecule has 0 unspecified atom stereocenters. The second kappa shape index (κ2) is 1.44. The molecule has 0 aromatic heterocycles. The number of hydrogen-bond donors (Lipinski definition) is 1. The van der Waals surface area contributed by atoms with E-state index in [1.165, 1.54) is 0 Å². The lowest BCUT2D eigenvalue weighted by molar-refractivity contribution is -0.0416. The maximum absolute atomic E-state index is 8.79. The smallest absolute Gasteiger partial charge is 0.0948 e. The maximum Gasteiger partial charge on any atom is 0.0948 e. The van der Waals surface area contributed by atoms with Gasteiger partial charge in [0.1, 0.15) is 0 Å². The number of fused-ring (bicyclic) bond motifs is 1. The van der Waals surface area contributed by atoms with Crippen molar-refractivity contribution in [3.05, 3.63) is 0 Å². The molecule has 3 aliphatic rings. The fraction of sp³-hybridized carbons (Fsp3) is 1.00. The molecule has 1 aliphatic carbocycles. The molecule has 0 aromatic rings. The Morgan fingerprint density at radius 3 is 2.44 bits per heavy atom. The van der Waals surface area contributed by atoms with E-state index in [0.29, 0.717) is 6.61 Å². The molecule has 3 fully saturated rings. The molecule has 2 nitrogen and oxygen atoms in total. The topological polar surface area (TPSA) is 29.5 Å². The lowest BCUT2D eigenvalue weighted by atomic mass is 9.74. The molecule has 1 saturated carbocycles. The predicted molar refractivity (Wildman–Crippen MR) is 33.6 cm³/mol. The van der Waals surface area contributed by atoms with Gasteiger partial charge in [-0.3, -0.25) is 0 Å². The molecule has 0 aromatic carbocycles. The Hall–Kier alpha value is 0.210. The summed E-state index contributed by atoms with van der Waals surface area (Å²) in [7, 11) is 0. The first-order valence-electron chi connectivity index (χ1n) is 3.12. The molecule has 0 spiro atoms. The van der Waals surface area contributed by atoms with Crippen molar-refractivity contribution in [3.63, 3.8) is 0 Å². The SMILES string of the molecule is OCC12CC(Cl)(CO1)C2. The van der Waals surface area contributed by atoms with Gasteiger partial charge in [-0.15, -0.1) is 11.6 Å². The predicted octanol–water partition coefficient (Wildman–Crippen LogP) is 0.519. The van der Waals surface area contributed by atoms with Crippen molar-refractivity contribution >= 4 is 11.6 Å². The molecule has 0 amide bonds. The third kappa shape index (κ3) is 0.642. The molecular weight excluding hydrogens is 140 g/mol. The van der Waals surface area contributed by atoms with E-state index < -0.39 is 0 Å². The van der Waals surface area contributed by atoms with Gasteiger partial charge in [0.05, 0.1) is 23.7 Å². The lowest BCUT2D eigenvalue weighted by Gasteiger charge is -2.38. The molecule has 2 bridgehead atoms. The minimum atomic E-state index is -0.234. The number of hydrogen-bond acceptors (Lipinski definition) is 2. The molecular formula is C6H9ClO2. The number of halogens is 1. The molecule has 9 heavy (non-hydrogen) atoms. The monoisotopic (exact) mass is 148 g/mol. The van der Waals surface area contributed by atoms with Gasteiger partial charge in [-0.2, -0.15) is 0 Å². The van der Waals surface area contributed by atoms with Crippen molar-refractivity contribution < 1.29 is 9.84 Å². The first-order valence-corrected chi connectivity index (χ1v) is 3.50. The summed E-state index contributed by atoms with van der Waals surface area (Å²) in [6.07, 6.45) is 1.66. The molecule has 3 heteroatoms. The van der Waals surface area contributed by atoms with Gasteiger partial charge in [0.2, 0.25) is 0 Å². The Bertz CT molecular complexity index is 140. The van der Waals surface area contributed by atoms with Crippen LogP contribution in [0.3, 0.4) is 0 Å². The van der Waals surface area contributed by atoms with E-state index >= 15 is 0 Å². The van der Waals surface area contributed by atoms with E-state index in [1.807, 2.05) is 0 Å². The Balaban J connectivity index is 2.12. The van der Waals surface area contributed by atoms with Crippen molar-refractivity contribution in [1.29, 1.82) is 0 Å². The normalized spacial score (nSPS) is 55.3. The van der Waals surface area contributed by atoms with Crippen LogP contribution in [-0.4, -0.2) is 28.8 Å². The first-order chi connectivity index (χ1) is 4.18. The van der Waals surface area contributed by atoms with E-state index in [9.17, 15) is 0 Å². The zero-order chi connectivity index (χ0) is 6.54. The number of rotatable bonds is 1. The molecule has 3 rings (SSSR count). The van der Waals surface area contributed by atoms with Crippen LogP contribution in [0.5, 0.6) is 0 Å². The Kier molecular flexibility index (Phi) is 0.953. The lowest BCUT2D eigenvalue weighted by Crippen LogP contribution is -2.47. The van der Waals surface area contributed by atoms with Gasteiger partial charge in [-0.1, -0.05) is 0 Å². The molecule has 2 aliphatic heterocycles. The second-order valence-electron chi connectivity index (χ2n) is 3.13. The average molecular weight is 149 g/mol. The summed E-state index contributed by atoms with van der Waals surface area (Å²) in [6, 6.07) is 0. The van der Waals surface area contributed by atoms with E-state index in [4.69, 9.17) is 21.4 Å². The minimum absolute atomic E-state index is 0.108. The summed E-state index contributed by atoms with van der Waals surface area (Å²) < 4.78 is 5.28. The van der Waals surface area contributed by atoms with Gasteiger partial charge in [0, 0.05) is 12.8 Å². The van der Waals surface area contributed by atoms with Crippen molar-refractivity contribution in [1.82, 2.24) is 0 Å². The quantitative estimate of drug-likeness (QED) is 0.550. The molecule has 1 N–H and O–H groups in total. The minimum Gasteiger partial charge on any atom is -0.393 e. The van der Waals surface area contributed by atoms with Gasteiger partial charge in [-0.05, 0) is 0 Å². The van der Waals surface area contributed by atoms with Crippen LogP contribution >= 0.6 is 11.6 Å². The highest BCUT2D eigenvalue weighted by Gasteiger charge is 2.61. The number of aliphatic hydroxyl groups is 1. The Morgan fingerprint density at radius 1 is 1.56 bits per heavy atom. The van der Waals surface area contributed by atoms with Gasteiger partial charge < -0.3 is 9.84 Å². The van der Waals surface area contributed by atoms with E-state index in [1.54, 1.807) is 0 Å². The highest BCUT2D eigenvalue weighted by molar-refractivity contribution is 6.25. The van der Waals surface area contributed by atoms with Gasteiger partial charge >= 0.3 is 0 Å². The summed E-state index contributed by atoms with van der Waals surface area (Å²) in [6.45, 7) is 0.747. The van der Waals surface area contributed by atoms with E-state index in [0.717, 1.165) is 12.8 Å². The van der Waals surface area contributed by atoms with Crippen LogP contribution in [0, 0.1) is 0 Å². The van der Waals surface area contributed by atoms with Crippen LogP contribution in [0.25, 0.3) is 0 Å². The average Bonchev–Trinajstić information content (AvgIpc) is 2.20. The van der Waals surface area contributed by atoms with Crippen molar-refractivity contribution in [3.8, 4) is 0 Å². The number of alkyl halides is 1. The number of ether oxygens (including phenoxy) is 1. The number of aliphatic hydroxyl groups excluding tert-OH is 1. The molecule has 0 atom stereocenters. The van der Waals surface area contributed by atoms with Crippen LogP contribution in [-0.2, 0) is 4.74 Å². The van der Waals surface area contributed by atoms with Gasteiger partial charge in [0.25, 0.3) is 0 Å². The molecule has 2 saturated heterocycles. The fourth-order valence-corrected chi connectivity index (χ4v) is 2.29. The third-order valence-corrected chi connectivity index (χ3v) is 2.58. The molecule has 0 radical (unpaired) electrons.